The van der Waals surface area contributed by atoms with Gasteiger partial charge in [-0.2, -0.15) is 0 Å². The molecule has 1 aliphatic rings. The minimum absolute atomic E-state index is 0.241. The van der Waals surface area contributed by atoms with Gasteiger partial charge in [0.2, 0.25) is 0 Å². The van der Waals surface area contributed by atoms with Gasteiger partial charge in [0.15, 0.2) is 0 Å². The number of hydrogen-bond donors (Lipinski definition) is 1. The molecule has 2 unspecified atom stereocenters. The summed E-state index contributed by atoms with van der Waals surface area (Å²) in [7, 11) is 3.18. The molecule has 1 aliphatic heterocycles. The molecule has 1 heterocycles. The van der Waals surface area contributed by atoms with Crippen LogP contribution in [0.2, 0.25) is 0 Å². The fourth-order valence-corrected chi connectivity index (χ4v) is 1.44. The van der Waals surface area contributed by atoms with Crippen molar-refractivity contribution in [2.45, 2.75) is 31.8 Å². The maximum absolute atomic E-state index is 11.1. The number of nitrogens with one attached hydrogen (secondary N) is 1. The summed E-state index contributed by atoms with van der Waals surface area (Å²) in [6.07, 6.45) is 1.97. The molecule has 0 aromatic carbocycles. The second-order valence-electron chi connectivity index (χ2n) is 3.61. The van der Waals surface area contributed by atoms with Crippen LogP contribution in [0.15, 0.2) is 0 Å². The minimum atomic E-state index is -0.258. The lowest BCUT2D eigenvalue weighted by atomic mass is 9.99. The van der Waals surface area contributed by atoms with Crippen LogP contribution in [-0.2, 0) is 4.74 Å². The standard InChI is InChI=1S/C9H18N2O2/c1-7(6-8-4-5-10-8)11(2)9(12)13-3/h7-8,10H,4-6H2,1-3H3. The average molecular weight is 186 g/mol. The summed E-state index contributed by atoms with van der Waals surface area (Å²) in [6.45, 7) is 3.15. The third-order valence-corrected chi connectivity index (χ3v) is 2.68. The van der Waals surface area contributed by atoms with Gasteiger partial charge in [0.1, 0.15) is 0 Å². The SMILES string of the molecule is COC(=O)N(C)C(C)CC1CCN1. The van der Waals surface area contributed by atoms with Crippen LogP contribution in [-0.4, -0.2) is 43.8 Å². The lowest BCUT2D eigenvalue weighted by Crippen LogP contribution is -2.47. The Labute approximate surface area is 79.2 Å². The molecule has 0 bridgehead atoms. The number of rotatable bonds is 3. The Hall–Kier alpha value is -0.770. The lowest BCUT2D eigenvalue weighted by molar-refractivity contribution is 0.113. The van der Waals surface area contributed by atoms with Crippen LogP contribution in [0.4, 0.5) is 4.79 Å². The third kappa shape index (κ3) is 2.59. The second kappa shape index (κ2) is 4.46. The van der Waals surface area contributed by atoms with Crippen molar-refractivity contribution in [3.8, 4) is 0 Å². The van der Waals surface area contributed by atoms with Crippen LogP contribution >= 0.6 is 0 Å². The zero-order valence-electron chi connectivity index (χ0n) is 8.54. The van der Waals surface area contributed by atoms with Gasteiger partial charge in [0.05, 0.1) is 7.11 Å². The van der Waals surface area contributed by atoms with Gasteiger partial charge in [-0.05, 0) is 26.3 Å². The first kappa shape index (κ1) is 10.3. The number of carbonyl (C=O) groups excluding carboxylic acids is 1. The largest absolute Gasteiger partial charge is 0.453 e. The van der Waals surface area contributed by atoms with E-state index >= 15 is 0 Å². The van der Waals surface area contributed by atoms with E-state index in [9.17, 15) is 4.79 Å². The topological polar surface area (TPSA) is 41.6 Å². The molecule has 4 heteroatoms. The van der Waals surface area contributed by atoms with Gasteiger partial charge < -0.3 is 15.0 Å². The van der Waals surface area contributed by atoms with Gasteiger partial charge in [0, 0.05) is 19.1 Å². The Balaban J connectivity index is 2.27. The first-order valence-corrected chi connectivity index (χ1v) is 4.69. The van der Waals surface area contributed by atoms with E-state index in [-0.39, 0.29) is 12.1 Å². The summed E-state index contributed by atoms with van der Waals surface area (Å²) in [6, 6.07) is 0.826. The van der Waals surface area contributed by atoms with Crippen molar-refractivity contribution < 1.29 is 9.53 Å². The molecule has 4 nitrogen and oxygen atoms in total. The number of carbonyl (C=O) groups is 1. The number of ether oxygens (including phenoxy) is 1. The van der Waals surface area contributed by atoms with E-state index in [1.54, 1.807) is 11.9 Å². The fraction of sp³-hybridized carbons (Fsp3) is 0.889. The number of methoxy groups -OCH3 is 1. The summed E-state index contributed by atoms with van der Waals surface area (Å²) >= 11 is 0. The van der Waals surface area contributed by atoms with Crippen LogP contribution in [0, 0.1) is 0 Å². The molecule has 1 fully saturated rings. The Bertz CT molecular complexity index is 180. The fourth-order valence-electron chi connectivity index (χ4n) is 1.44. The predicted molar refractivity (Wildman–Crippen MR) is 50.7 cm³/mol. The van der Waals surface area contributed by atoms with Crippen LogP contribution in [0.1, 0.15) is 19.8 Å². The number of nitrogens with zero attached hydrogens (tertiary/aromatic N) is 1. The molecule has 0 saturated carbocycles. The molecule has 13 heavy (non-hydrogen) atoms. The summed E-state index contributed by atoms with van der Waals surface area (Å²) in [5, 5.41) is 3.31. The van der Waals surface area contributed by atoms with Gasteiger partial charge >= 0.3 is 6.09 Å². The van der Waals surface area contributed by atoms with E-state index in [1.165, 1.54) is 13.5 Å². The molecule has 1 saturated heterocycles. The second-order valence-corrected chi connectivity index (χ2v) is 3.61. The van der Waals surface area contributed by atoms with Gasteiger partial charge in [-0.1, -0.05) is 0 Å². The molecule has 0 aromatic heterocycles. The van der Waals surface area contributed by atoms with E-state index < -0.39 is 0 Å². The molecule has 76 valence electrons. The maximum atomic E-state index is 11.1. The third-order valence-electron chi connectivity index (χ3n) is 2.68. The van der Waals surface area contributed by atoms with Gasteiger partial charge in [-0.3, -0.25) is 0 Å². The Morgan fingerprint density at radius 2 is 2.38 bits per heavy atom. The van der Waals surface area contributed by atoms with E-state index in [2.05, 4.69) is 10.1 Å². The smallest absolute Gasteiger partial charge is 0.409 e. The molecular formula is C9H18N2O2. The van der Waals surface area contributed by atoms with E-state index in [4.69, 9.17) is 0 Å². The molecule has 0 radical (unpaired) electrons. The molecule has 0 aliphatic carbocycles. The molecule has 1 amide bonds. The highest BCUT2D eigenvalue weighted by atomic mass is 16.5. The summed E-state index contributed by atoms with van der Waals surface area (Å²) < 4.78 is 4.63. The van der Waals surface area contributed by atoms with Crippen molar-refractivity contribution in [3.63, 3.8) is 0 Å². The van der Waals surface area contributed by atoms with E-state index in [0.717, 1.165) is 13.0 Å². The van der Waals surface area contributed by atoms with Crippen LogP contribution < -0.4 is 5.32 Å². The highest BCUT2D eigenvalue weighted by Crippen LogP contribution is 2.13. The van der Waals surface area contributed by atoms with E-state index in [1.807, 2.05) is 6.92 Å². The van der Waals surface area contributed by atoms with Crippen molar-refractivity contribution in [2.75, 3.05) is 20.7 Å². The number of hydrogen-bond acceptors (Lipinski definition) is 3. The van der Waals surface area contributed by atoms with Crippen molar-refractivity contribution in [1.29, 1.82) is 0 Å². The normalized spacial score (nSPS) is 23.2. The Kier molecular flexibility index (Phi) is 3.54. The first-order chi connectivity index (χ1) is 6.15. The van der Waals surface area contributed by atoms with Crippen molar-refractivity contribution in [3.05, 3.63) is 0 Å². The summed E-state index contributed by atoms with van der Waals surface area (Å²) in [5.74, 6) is 0. The molecule has 0 aromatic rings. The molecule has 2 atom stereocenters. The quantitative estimate of drug-likeness (QED) is 0.709. The van der Waals surface area contributed by atoms with Gasteiger partial charge in [0.25, 0.3) is 0 Å². The maximum Gasteiger partial charge on any atom is 0.409 e. The summed E-state index contributed by atoms with van der Waals surface area (Å²) in [4.78, 5) is 12.8. The first-order valence-electron chi connectivity index (χ1n) is 4.69. The molecule has 0 spiro atoms. The molecular weight excluding hydrogens is 168 g/mol. The predicted octanol–water partition coefficient (Wildman–Crippen LogP) is 0.825. The average Bonchev–Trinajstić information content (AvgIpc) is 2.08. The van der Waals surface area contributed by atoms with Gasteiger partial charge in [-0.15, -0.1) is 0 Å². The van der Waals surface area contributed by atoms with Crippen molar-refractivity contribution >= 4 is 6.09 Å². The van der Waals surface area contributed by atoms with Crippen LogP contribution in [0.5, 0.6) is 0 Å². The van der Waals surface area contributed by atoms with Crippen LogP contribution in [0.25, 0.3) is 0 Å². The minimum Gasteiger partial charge on any atom is -0.453 e. The number of amides is 1. The Morgan fingerprint density at radius 3 is 2.77 bits per heavy atom. The lowest BCUT2D eigenvalue weighted by Gasteiger charge is -2.33. The van der Waals surface area contributed by atoms with Crippen molar-refractivity contribution in [2.24, 2.45) is 0 Å². The highest BCUT2D eigenvalue weighted by Gasteiger charge is 2.23. The monoisotopic (exact) mass is 186 g/mol. The highest BCUT2D eigenvalue weighted by molar-refractivity contribution is 5.67. The van der Waals surface area contributed by atoms with E-state index in [0.29, 0.717) is 6.04 Å². The zero-order valence-corrected chi connectivity index (χ0v) is 8.54. The zero-order chi connectivity index (χ0) is 9.84. The summed E-state index contributed by atoms with van der Waals surface area (Å²) in [5.41, 5.74) is 0. The van der Waals surface area contributed by atoms with Gasteiger partial charge in [-0.25, -0.2) is 4.79 Å². The van der Waals surface area contributed by atoms with Crippen molar-refractivity contribution in [1.82, 2.24) is 10.2 Å². The Morgan fingerprint density at radius 1 is 1.77 bits per heavy atom. The molecule has 1 N–H and O–H groups in total. The van der Waals surface area contributed by atoms with Crippen LogP contribution in [0.3, 0.4) is 0 Å². The molecule has 1 rings (SSSR count).